The van der Waals surface area contributed by atoms with Crippen molar-refractivity contribution < 1.29 is 9.53 Å². The van der Waals surface area contributed by atoms with E-state index in [1.54, 1.807) is 24.5 Å². The van der Waals surface area contributed by atoms with Crippen LogP contribution >= 0.6 is 11.3 Å². The Kier molecular flexibility index (Phi) is 4.68. The largest absolute Gasteiger partial charge is 0.492 e. The summed E-state index contributed by atoms with van der Waals surface area (Å²) in [7, 11) is 0. The summed E-state index contributed by atoms with van der Waals surface area (Å²) in [5.41, 5.74) is 1.73. The molecule has 4 nitrogen and oxygen atoms in total. The molecule has 0 saturated heterocycles. The van der Waals surface area contributed by atoms with Crippen LogP contribution in [0.25, 0.3) is 10.4 Å². The second-order valence-corrected chi connectivity index (χ2v) is 5.85. The highest BCUT2D eigenvalue weighted by Gasteiger charge is 2.18. The number of rotatable bonds is 5. The zero-order valence-corrected chi connectivity index (χ0v) is 13.5. The van der Waals surface area contributed by atoms with Crippen molar-refractivity contribution in [2.45, 2.75) is 6.92 Å². The van der Waals surface area contributed by atoms with Gasteiger partial charge in [-0.25, -0.2) is 0 Å². The summed E-state index contributed by atoms with van der Waals surface area (Å²) < 4.78 is 5.63. The Morgan fingerprint density at radius 1 is 1.22 bits per heavy atom. The number of benzene rings is 1. The van der Waals surface area contributed by atoms with Crippen molar-refractivity contribution in [2.24, 2.45) is 0 Å². The molecular formula is C18H16N2O2S. The molecule has 23 heavy (non-hydrogen) atoms. The molecule has 0 radical (unpaired) electrons. The number of amides is 1. The second kappa shape index (κ2) is 7.07. The Morgan fingerprint density at radius 2 is 2.04 bits per heavy atom. The monoisotopic (exact) mass is 324 g/mol. The molecular weight excluding hydrogens is 308 g/mol. The lowest BCUT2D eigenvalue weighted by atomic mass is 10.2. The highest BCUT2D eigenvalue weighted by molar-refractivity contribution is 7.17. The number of hydrogen-bond acceptors (Lipinski definition) is 4. The van der Waals surface area contributed by atoms with Gasteiger partial charge in [-0.3, -0.25) is 9.78 Å². The minimum absolute atomic E-state index is 0.186. The van der Waals surface area contributed by atoms with Crippen LogP contribution in [0.1, 0.15) is 16.6 Å². The molecule has 1 N–H and O–H groups in total. The normalized spacial score (nSPS) is 10.3. The van der Waals surface area contributed by atoms with Gasteiger partial charge in [0.1, 0.15) is 10.6 Å². The highest BCUT2D eigenvalue weighted by atomic mass is 32.1. The summed E-state index contributed by atoms with van der Waals surface area (Å²) >= 11 is 1.42. The third kappa shape index (κ3) is 3.57. The van der Waals surface area contributed by atoms with E-state index in [1.807, 2.05) is 43.3 Å². The lowest BCUT2D eigenvalue weighted by Gasteiger charge is -2.05. The Balaban J connectivity index is 1.91. The molecule has 5 heteroatoms. The molecule has 0 fully saturated rings. The first-order valence-corrected chi connectivity index (χ1v) is 8.13. The molecule has 1 amide bonds. The molecule has 0 saturated carbocycles. The summed E-state index contributed by atoms with van der Waals surface area (Å²) in [6.45, 7) is 2.42. The van der Waals surface area contributed by atoms with Crippen molar-refractivity contribution in [1.82, 2.24) is 4.98 Å². The van der Waals surface area contributed by atoms with Gasteiger partial charge in [-0.2, -0.15) is 0 Å². The minimum atomic E-state index is -0.186. The van der Waals surface area contributed by atoms with Crippen molar-refractivity contribution in [3.05, 3.63) is 65.8 Å². The van der Waals surface area contributed by atoms with E-state index >= 15 is 0 Å². The molecule has 0 unspecified atom stereocenters. The Labute approximate surface area is 138 Å². The molecule has 116 valence electrons. The number of aromatic nitrogens is 1. The average molecular weight is 324 g/mol. The summed E-state index contributed by atoms with van der Waals surface area (Å²) in [6.07, 6.45) is 3.28. The van der Waals surface area contributed by atoms with Gasteiger partial charge >= 0.3 is 0 Å². The third-order valence-electron chi connectivity index (χ3n) is 3.18. The van der Waals surface area contributed by atoms with Crippen LogP contribution in [-0.4, -0.2) is 17.5 Å². The van der Waals surface area contributed by atoms with E-state index in [2.05, 4.69) is 10.3 Å². The quantitative estimate of drug-likeness (QED) is 0.754. The van der Waals surface area contributed by atoms with Crippen LogP contribution in [0.5, 0.6) is 5.75 Å². The number of carbonyl (C=O) groups excluding carboxylic acids is 1. The van der Waals surface area contributed by atoms with E-state index in [0.29, 0.717) is 22.9 Å². The number of nitrogens with one attached hydrogen (secondary N) is 1. The maximum Gasteiger partial charge on any atom is 0.269 e. The first-order chi connectivity index (χ1) is 11.3. The van der Waals surface area contributed by atoms with Crippen LogP contribution in [0.2, 0.25) is 0 Å². The van der Waals surface area contributed by atoms with E-state index in [4.69, 9.17) is 4.74 Å². The van der Waals surface area contributed by atoms with Crippen molar-refractivity contribution in [3.8, 4) is 16.2 Å². The molecule has 0 bridgehead atoms. The van der Waals surface area contributed by atoms with Gasteiger partial charge in [0.05, 0.1) is 18.5 Å². The fraction of sp³-hybridized carbons (Fsp3) is 0.111. The summed E-state index contributed by atoms with van der Waals surface area (Å²) in [5, 5.41) is 2.85. The van der Waals surface area contributed by atoms with Gasteiger partial charge in [-0.1, -0.05) is 30.3 Å². The number of anilines is 1. The van der Waals surface area contributed by atoms with E-state index in [1.165, 1.54) is 11.3 Å². The number of pyridine rings is 1. The summed E-state index contributed by atoms with van der Waals surface area (Å²) in [4.78, 5) is 18.1. The molecule has 2 aromatic heterocycles. The minimum Gasteiger partial charge on any atom is -0.492 e. The lowest BCUT2D eigenvalue weighted by molar-refractivity contribution is 0.102. The molecule has 1 aromatic carbocycles. The Hall–Kier alpha value is -2.66. The summed E-state index contributed by atoms with van der Waals surface area (Å²) in [6, 6.07) is 15.5. The number of hydrogen-bond donors (Lipinski definition) is 1. The SMILES string of the molecule is CCOc1cc(-c2ccccc2)sc1C(=O)Nc1cccnc1. The molecule has 3 aromatic rings. The molecule has 0 spiro atoms. The fourth-order valence-corrected chi connectivity index (χ4v) is 3.17. The maximum atomic E-state index is 12.5. The standard InChI is InChI=1S/C18H16N2O2S/c1-2-22-15-11-16(13-7-4-3-5-8-13)23-17(15)18(21)20-14-9-6-10-19-12-14/h3-12H,2H2,1H3,(H,20,21). The predicted molar refractivity (Wildman–Crippen MR) is 93.1 cm³/mol. The van der Waals surface area contributed by atoms with Crippen molar-refractivity contribution in [1.29, 1.82) is 0 Å². The Bertz CT molecular complexity index is 785. The Morgan fingerprint density at radius 3 is 2.74 bits per heavy atom. The summed E-state index contributed by atoms with van der Waals surface area (Å²) in [5.74, 6) is 0.423. The third-order valence-corrected chi connectivity index (χ3v) is 4.35. The number of ether oxygens (including phenoxy) is 1. The van der Waals surface area contributed by atoms with E-state index in [-0.39, 0.29) is 5.91 Å². The first-order valence-electron chi connectivity index (χ1n) is 7.31. The molecule has 0 aliphatic rings. The maximum absolute atomic E-state index is 12.5. The molecule has 3 rings (SSSR count). The molecule has 0 aliphatic carbocycles. The lowest BCUT2D eigenvalue weighted by Crippen LogP contribution is -2.11. The molecule has 0 aliphatic heterocycles. The zero-order chi connectivity index (χ0) is 16.1. The van der Waals surface area contributed by atoms with Crippen LogP contribution < -0.4 is 10.1 Å². The van der Waals surface area contributed by atoms with Crippen LogP contribution in [0.4, 0.5) is 5.69 Å². The van der Waals surface area contributed by atoms with Gasteiger partial charge in [0.25, 0.3) is 5.91 Å². The first kappa shape index (κ1) is 15.2. The molecule has 2 heterocycles. The van der Waals surface area contributed by atoms with Gasteiger partial charge in [0, 0.05) is 11.1 Å². The van der Waals surface area contributed by atoms with Crippen molar-refractivity contribution >= 4 is 22.9 Å². The van der Waals surface area contributed by atoms with Gasteiger partial charge in [-0.15, -0.1) is 11.3 Å². The van der Waals surface area contributed by atoms with Crippen LogP contribution in [-0.2, 0) is 0 Å². The highest BCUT2D eigenvalue weighted by Crippen LogP contribution is 2.36. The van der Waals surface area contributed by atoms with Gasteiger partial charge in [0.15, 0.2) is 0 Å². The van der Waals surface area contributed by atoms with E-state index < -0.39 is 0 Å². The van der Waals surface area contributed by atoms with Crippen LogP contribution in [0.3, 0.4) is 0 Å². The van der Waals surface area contributed by atoms with Crippen LogP contribution in [0.15, 0.2) is 60.9 Å². The predicted octanol–water partition coefficient (Wildman–Crippen LogP) is 4.46. The van der Waals surface area contributed by atoms with Crippen molar-refractivity contribution in [3.63, 3.8) is 0 Å². The number of carbonyl (C=O) groups is 1. The van der Waals surface area contributed by atoms with Crippen molar-refractivity contribution in [2.75, 3.05) is 11.9 Å². The van der Waals surface area contributed by atoms with Gasteiger partial charge in [-0.05, 0) is 30.7 Å². The zero-order valence-electron chi connectivity index (χ0n) is 12.7. The van der Waals surface area contributed by atoms with Gasteiger partial charge < -0.3 is 10.1 Å². The number of nitrogens with zero attached hydrogens (tertiary/aromatic N) is 1. The van der Waals surface area contributed by atoms with Crippen LogP contribution in [0, 0.1) is 0 Å². The average Bonchev–Trinajstić information content (AvgIpc) is 3.01. The van der Waals surface area contributed by atoms with Gasteiger partial charge in [0.2, 0.25) is 0 Å². The number of thiophene rings is 1. The topological polar surface area (TPSA) is 51.2 Å². The van der Waals surface area contributed by atoms with E-state index in [9.17, 15) is 4.79 Å². The second-order valence-electron chi connectivity index (χ2n) is 4.80. The molecule has 0 atom stereocenters. The fourth-order valence-electron chi connectivity index (χ4n) is 2.16. The van der Waals surface area contributed by atoms with E-state index in [0.717, 1.165) is 10.4 Å². The smallest absolute Gasteiger partial charge is 0.269 e.